The number of nitrogens with zero attached hydrogens (tertiary/aromatic N) is 3. The number of hydrogen-bond acceptors (Lipinski definition) is 3. The first-order valence-electron chi connectivity index (χ1n) is 12.6. The van der Waals surface area contributed by atoms with E-state index in [0.717, 1.165) is 42.7 Å². The van der Waals surface area contributed by atoms with Crippen molar-refractivity contribution in [1.82, 2.24) is 14.7 Å². The molecule has 2 amide bonds. The average Bonchev–Trinajstić information content (AvgIpc) is 3.43. The molecule has 0 aromatic heterocycles. The van der Waals surface area contributed by atoms with E-state index in [1.165, 1.54) is 18.9 Å². The van der Waals surface area contributed by atoms with Crippen molar-refractivity contribution in [1.29, 1.82) is 0 Å². The second kappa shape index (κ2) is 9.49. The van der Waals surface area contributed by atoms with Crippen LogP contribution in [0, 0.1) is 11.2 Å². The van der Waals surface area contributed by atoms with Gasteiger partial charge in [0.25, 0.3) is 5.91 Å². The van der Waals surface area contributed by atoms with Gasteiger partial charge in [0.15, 0.2) is 0 Å². The molecule has 3 aliphatic heterocycles. The van der Waals surface area contributed by atoms with Crippen molar-refractivity contribution in [2.24, 2.45) is 5.41 Å². The van der Waals surface area contributed by atoms with Crippen molar-refractivity contribution in [3.05, 3.63) is 71.0 Å². The molecule has 1 spiro atoms. The van der Waals surface area contributed by atoms with Crippen LogP contribution in [-0.4, -0.2) is 65.8 Å². The zero-order valence-electron chi connectivity index (χ0n) is 20.0. The van der Waals surface area contributed by atoms with Crippen LogP contribution < -0.4 is 0 Å². The number of benzene rings is 2. The molecule has 0 unspecified atom stereocenters. The molecule has 0 aliphatic carbocycles. The molecular formula is C28H34FN3O2. The van der Waals surface area contributed by atoms with Gasteiger partial charge < -0.3 is 9.80 Å². The van der Waals surface area contributed by atoms with Gasteiger partial charge in [-0.25, -0.2) is 4.39 Å². The van der Waals surface area contributed by atoms with E-state index in [2.05, 4.69) is 11.0 Å². The third-order valence-electron chi connectivity index (χ3n) is 8.16. The molecule has 3 saturated heterocycles. The fourth-order valence-corrected chi connectivity index (χ4v) is 6.13. The first-order valence-corrected chi connectivity index (χ1v) is 12.6. The minimum absolute atomic E-state index is 0.0674. The van der Waals surface area contributed by atoms with Crippen LogP contribution in [0.5, 0.6) is 0 Å². The molecule has 2 aromatic rings. The van der Waals surface area contributed by atoms with E-state index in [1.54, 1.807) is 12.1 Å². The highest BCUT2D eigenvalue weighted by Crippen LogP contribution is 2.45. The molecule has 2 aromatic carbocycles. The van der Waals surface area contributed by atoms with E-state index in [4.69, 9.17) is 0 Å². The minimum Gasteiger partial charge on any atom is -0.342 e. The third-order valence-corrected chi connectivity index (χ3v) is 8.16. The van der Waals surface area contributed by atoms with E-state index in [0.29, 0.717) is 32.4 Å². The second-order valence-electron chi connectivity index (χ2n) is 10.3. The van der Waals surface area contributed by atoms with Crippen LogP contribution in [0.1, 0.15) is 53.6 Å². The fourth-order valence-electron chi connectivity index (χ4n) is 6.13. The number of likely N-dealkylation sites (tertiary alicyclic amines) is 3. The number of rotatable bonds is 5. The Morgan fingerprint density at radius 1 is 1.03 bits per heavy atom. The van der Waals surface area contributed by atoms with Crippen molar-refractivity contribution in [3.63, 3.8) is 0 Å². The van der Waals surface area contributed by atoms with Crippen LogP contribution in [0.3, 0.4) is 0 Å². The molecule has 3 fully saturated rings. The summed E-state index contributed by atoms with van der Waals surface area (Å²) in [6.07, 6.45) is 5.27. The number of carbonyl (C=O) groups excluding carboxylic acids is 2. The number of halogens is 1. The number of amides is 2. The van der Waals surface area contributed by atoms with Crippen LogP contribution in [-0.2, 0) is 17.8 Å². The Kier molecular flexibility index (Phi) is 6.43. The summed E-state index contributed by atoms with van der Waals surface area (Å²) in [7, 11) is 1.87. The molecule has 0 saturated carbocycles. The summed E-state index contributed by atoms with van der Waals surface area (Å²) in [6.45, 7) is 4.22. The molecule has 3 heterocycles. The largest absolute Gasteiger partial charge is 0.342 e. The van der Waals surface area contributed by atoms with Crippen molar-refractivity contribution < 1.29 is 14.0 Å². The predicted molar refractivity (Wildman–Crippen MR) is 130 cm³/mol. The van der Waals surface area contributed by atoms with Crippen LogP contribution >= 0.6 is 0 Å². The lowest BCUT2D eigenvalue weighted by Crippen LogP contribution is -2.46. The van der Waals surface area contributed by atoms with Gasteiger partial charge in [0.2, 0.25) is 5.91 Å². The Labute approximate surface area is 201 Å². The maximum absolute atomic E-state index is 13.6. The lowest BCUT2D eigenvalue weighted by atomic mass is 9.75. The number of piperidine rings is 1. The first kappa shape index (κ1) is 23.0. The molecule has 5 nitrogen and oxygen atoms in total. The van der Waals surface area contributed by atoms with Gasteiger partial charge in [-0.05, 0) is 80.9 Å². The van der Waals surface area contributed by atoms with E-state index in [9.17, 15) is 14.0 Å². The summed E-state index contributed by atoms with van der Waals surface area (Å²) >= 11 is 0. The SMILES string of the molecule is CN1C(=O)C2(CCN(C(=O)c3ccccc3CN3CCCC3)CC2)C[C@H]1Cc1cccc(F)c1. The van der Waals surface area contributed by atoms with Crippen molar-refractivity contribution in [2.45, 2.75) is 51.1 Å². The zero-order valence-corrected chi connectivity index (χ0v) is 20.0. The molecule has 5 rings (SSSR count). The molecule has 0 bridgehead atoms. The quantitative estimate of drug-likeness (QED) is 0.670. The maximum Gasteiger partial charge on any atom is 0.254 e. The summed E-state index contributed by atoms with van der Waals surface area (Å²) in [5.41, 5.74) is 2.41. The molecule has 34 heavy (non-hydrogen) atoms. The van der Waals surface area contributed by atoms with Gasteiger partial charge in [-0.3, -0.25) is 14.5 Å². The van der Waals surface area contributed by atoms with Crippen LogP contribution in [0.4, 0.5) is 4.39 Å². The molecule has 3 aliphatic rings. The monoisotopic (exact) mass is 463 g/mol. The van der Waals surface area contributed by atoms with E-state index in [-0.39, 0.29) is 23.7 Å². The van der Waals surface area contributed by atoms with E-state index >= 15 is 0 Å². The predicted octanol–water partition coefficient (Wildman–Crippen LogP) is 4.12. The van der Waals surface area contributed by atoms with E-state index in [1.807, 2.05) is 41.1 Å². The standard InChI is InChI=1S/C28H34FN3O2/c1-30-24(18-21-7-6-9-23(29)17-21)19-28(27(30)34)11-15-32(16-12-28)26(33)25-10-3-2-8-22(25)20-31-13-4-5-14-31/h2-3,6-10,17,24H,4-5,11-16,18-20H2,1H3/t24-/m1/s1. The van der Waals surface area contributed by atoms with Crippen LogP contribution in [0.25, 0.3) is 0 Å². The molecule has 0 N–H and O–H groups in total. The molecule has 0 radical (unpaired) electrons. The highest BCUT2D eigenvalue weighted by atomic mass is 19.1. The van der Waals surface area contributed by atoms with E-state index < -0.39 is 5.41 Å². The molecule has 6 heteroatoms. The Bertz CT molecular complexity index is 1060. The lowest BCUT2D eigenvalue weighted by molar-refractivity contribution is -0.137. The molecular weight excluding hydrogens is 429 g/mol. The topological polar surface area (TPSA) is 43.9 Å². The van der Waals surface area contributed by atoms with Crippen molar-refractivity contribution in [3.8, 4) is 0 Å². The second-order valence-corrected chi connectivity index (χ2v) is 10.3. The first-order chi connectivity index (χ1) is 16.4. The highest BCUT2D eigenvalue weighted by Gasteiger charge is 2.51. The molecule has 180 valence electrons. The summed E-state index contributed by atoms with van der Waals surface area (Å²) < 4.78 is 13.6. The number of carbonyl (C=O) groups is 2. The zero-order chi connectivity index (χ0) is 23.7. The Hall–Kier alpha value is -2.73. The van der Waals surface area contributed by atoms with Crippen LogP contribution in [0.2, 0.25) is 0 Å². The van der Waals surface area contributed by atoms with Gasteiger partial charge in [0.1, 0.15) is 5.82 Å². The van der Waals surface area contributed by atoms with Crippen molar-refractivity contribution in [2.75, 3.05) is 33.2 Å². The Morgan fingerprint density at radius 3 is 2.50 bits per heavy atom. The molecule has 1 atom stereocenters. The summed E-state index contributed by atoms with van der Waals surface area (Å²) in [5, 5.41) is 0. The fraction of sp³-hybridized carbons (Fsp3) is 0.500. The van der Waals surface area contributed by atoms with Gasteiger partial charge in [-0.2, -0.15) is 0 Å². The summed E-state index contributed by atoms with van der Waals surface area (Å²) in [5.74, 6) is 0.0196. The smallest absolute Gasteiger partial charge is 0.254 e. The Balaban J connectivity index is 1.24. The maximum atomic E-state index is 13.6. The minimum atomic E-state index is -0.404. The van der Waals surface area contributed by atoms with Gasteiger partial charge in [-0.1, -0.05) is 30.3 Å². The van der Waals surface area contributed by atoms with Gasteiger partial charge in [0.05, 0.1) is 5.41 Å². The normalized spacial score (nSPS) is 22.6. The highest BCUT2D eigenvalue weighted by molar-refractivity contribution is 5.96. The summed E-state index contributed by atoms with van der Waals surface area (Å²) in [6, 6.07) is 14.7. The third kappa shape index (κ3) is 4.48. The van der Waals surface area contributed by atoms with Gasteiger partial charge >= 0.3 is 0 Å². The van der Waals surface area contributed by atoms with Crippen molar-refractivity contribution >= 4 is 11.8 Å². The Morgan fingerprint density at radius 2 is 1.76 bits per heavy atom. The average molecular weight is 464 g/mol. The summed E-state index contributed by atoms with van der Waals surface area (Å²) in [4.78, 5) is 33.0. The lowest BCUT2D eigenvalue weighted by Gasteiger charge is -2.38. The number of likely N-dealkylation sites (N-methyl/N-ethyl adjacent to an activating group) is 1. The number of hydrogen-bond donors (Lipinski definition) is 0. The van der Waals surface area contributed by atoms with Gasteiger partial charge in [0, 0.05) is 38.3 Å². The van der Waals surface area contributed by atoms with Crippen LogP contribution in [0.15, 0.2) is 48.5 Å². The van der Waals surface area contributed by atoms with Gasteiger partial charge in [-0.15, -0.1) is 0 Å².